The van der Waals surface area contributed by atoms with Gasteiger partial charge in [0.2, 0.25) is 0 Å². The Labute approximate surface area is 126 Å². The Bertz CT molecular complexity index is 584. The van der Waals surface area contributed by atoms with Gasteiger partial charge >= 0.3 is 0 Å². The van der Waals surface area contributed by atoms with Crippen molar-refractivity contribution in [3.8, 4) is 0 Å². The van der Waals surface area contributed by atoms with Crippen molar-refractivity contribution in [1.29, 1.82) is 0 Å². The van der Waals surface area contributed by atoms with Gasteiger partial charge in [-0.3, -0.25) is 4.90 Å². The van der Waals surface area contributed by atoms with Crippen molar-refractivity contribution in [2.45, 2.75) is 13.5 Å². The first kappa shape index (κ1) is 13.9. The molecule has 0 aliphatic carbocycles. The Morgan fingerprint density at radius 3 is 2.62 bits per heavy atom. The van der Waals surface area contributed by atoms with Gasteiger partial charge in [-0.2, -0.15) is 0 Å². The number of nitrogen functional groups attached to an aromatic ring is 1. The zero-order valence-corrected chi connectivity index (χ0v) is 12.6. The molecule has 21 heavy (non-hydrogen) atoms. The van der Waals surface area contributed by atoms with E-state index in [1.165, 1.54) is 5.69 Å². The van der Waals surface area contributed by atoms with Crippen LogP contribution in [-0.4, -0.2) is 47.2 Å². The quantitative estimate of drug-likeness (QED) is 0.867. The number of aryl methyl sites for hydroxylation is 1. The summed E-state index contributed by atoms with van der Waals surface area (Å²) in [4.78, 5) is 9.19. The zero-order valence-electron chi connectivity index (χ0n) is 12.6. The molecule has 2 heterocycles. The van der Waals surface area contributed by atoms with E-state index >= 15 is 0 Å². The van der Waals surface area contributed by atoms with Crippen molar-refractivity contribution in [2.24, 2.45) is 0 Å². The molecule has 3 rings (SSSR count). The second kappa shape index (κ2) is 6.18. The minimum Gasteiger partial charge on any atom is -0.399 e. The van der Waals surface area contributed by atoms with Gasteiger partial charge in [0.25, 0.3) is 0 Å². The van der Waals surface area contributed by atoms with Crippen LogP contribution in [0.2, 0.25) is 0 Å². The number of piperazine rings is 1. The minimum absolute atomic E-state index is 0.838. The van der Waals surface area contributed by atoms with E-state index in [1.54, 1.807) is 0 Å². The smallest absolute Gasteiger partial charge is 0.105 e. The molecule has 5 nitrogen and oxygen atoms in total. The summed E-state index contributed by atoms with van der Waals surface area (Å²) in [5.41, 5.74) is 7.94. The van der Waals surface area contributed by atoms with Crippen LogP contribution in [0.15, 0.2) is 36.7 Å². The van der Waals surface area contributed by atoms with Crippen LogP contribution in [0.4, 0.5) is 11.4 Å². The lowest BCUT2D eigenvalue weighted by Gasteiger charge is -2.36. The molecule has 1 aromatic carbocycles. The number of imidazole rings is 1. The van der Waals surface area contributed by atoms with Gasteiger partial charge in [-0.15, -0.1) is 0 Å². The molecule has 1 aromatic heterocycles. The summed E-state index contributed by atoms with van der Waals surface area (Å²) in [5, 5.41) is 0. The van der Waals surface area contributed by atoms with Gasteiger partial charge in [0, 0.05) is 63.0 Å². The third-order valence-electron chi connectivity index (χ3n) is 4.19. The summed E-state index contributed by atoms with van der Waals surface area (Å²) in [6, 6.07) is 8.16. The van der Waals surface area contributed by atoms with E-state index in [-0.39, 0.29) is 0 Å². The standard InChI is InChI=1S/C16H23N5/c1-14-18-5-6-20(14)10-7-19-8-11-21(12-9-19)16-4-2-3-15(17)13-16/h2-6,13H,7-12,17H2,1H3. The van der Waals surface area contributed by atoms with Crippen LogP contribution in [-0.2, 0) is 6.54 Å². The van der Waals surface area contributed by atoms with Crippen molar-refractivity contribution in [3.63, 3.8) is 0 Å². The van der Waals surface area contributed by atoms with Gasteiger partial charge in [0.15, 0.2) is 0 Å². The monoisotopic (exact) mass is 285 g/mol. The average Bonchev–Trinajstić information content (AvgIpc) is 2.91. The number of nitrogens with zero attached hydrogens (tertiary/aromatic N) is 4. The Hall–Kier alpha value is -2.01. The molecule has 112 valence electrons. The number of hydrogen-bond acceptors (Lipinski definition) is 4. The highest BCUT2D eigenvalue weighted by atomic mass is 15.3. The maximum Gasteiger partial charge on any atom is 0.105 e. The summed E-state index contributed by atoms with van der Waals surface area (Å²) in [6.45, 7) is 8.48. The van der Waals surface area contributed by atoms with Gasteiger partial charge < -0.3 is 15.2 Å². The van der Waals surface area contributed by atoms with E-state index in [9.17, 15) is 0 Å². The highest BCUT2D eigenvalue weighted by molar-refractivity contribution is 5.56. The van der Waals surface area contributed by atoms with Crippen LogP contribution < -0.4 is 10.6 Å². The molecule has 0 radical (unpaired) electrons. The van der Waals surface area contributed by atoms with Crippen LogP contribution in [0, 0.1) is 6.92 Å². The molecule has 0 spiro atoms. The van der Waals surface area contributed by atoms with Crippen molar-refractivity contribution in [1.82, 2.24) is 14.5 Å². The predicted molar refractivity (Wildman–Crippen MR) is 86.5 cm³/mol. The van der Waals surface area contributed by atoms with Crippen LogP contribution in [0.3, 0.4) is 0 Å². The van der Waals surface area contributed by atoms with Gasteiger partial charge in [-0.1, -0.05) is 6.07 Å². The molecule has 0 atom stereocenters. The fraction of sp³-hybridized carbons (Fsp3) is 0.438. The molecule has 1 aliphatic rings. The summed E-state index contributed by atoms with van der Waals surface area (Å²) in [7, 11) is 0. The van der Waals surface area contributed by atoms with Crippen molar-refractivity contribution >= 4 is 11.4 Å². The summed E-state index contributed by atoms with van der Waals surface area (Å²) < 4.78 is 2.21. The lowest BCUT2D eigenvalue weighted by molar-refractivity contribution is 0.247. The molecule has 0 saturated carbocycles. The molecular formula is C16H23N5. The highest BCUT2D eigenvalue weighted by Crippen LogP contribution is 2.19. The number of aromatic nitrogens is 2. The highest BCUT2D eigenvalue weighted by Gasteiger charge is 2.17. The molecule has 0 amide bonds. The molecule has 5 heteroatoms. The molecule has 2 N–H and O–H groups in total. The zero-order chi connectivity index (χ0) is 14.7. The Balaban J connectivity index is 1.50. The Kier molecular flexibility index (Phi) is 4.10. The molecule has 1 fully saturated rings. The van der Waals surface area contributed by atoms with Crippen LogP contribution >= 0.6 is 0 Å². The summed E-state index contributed by atoms with van der Waals surface area (Å²) in [6.07, 6.45) is 3.92. The number of rotatable bonds is 4. The SMILES string of the molecule is Cc1nccn1CCN1CCN(c2cccc(N)c2)CC1. The minimum atomic E-state index is 0.838. The maximum absolute atomic E-state index is 5.86. The number of benzene rings is 1. The normalized spacial score (nSPS) is 16.3. The lowest BCUT2D eigenvalue weighted by Crippen LogP contribution is -2.47. The third kappa shape index (κ3) is 3.36. The van der Waals surface area contributed by atoms with E-state index in [1.807, 2.05) is 18.3 Å². The number of hydrogen-bond donors (Lipinski definition) is 1. The van der Waals surface area contributed by atoms with Gasteiger partial charge in [-0.25, -0.2) is 4.98 Å². The fourth-order valence-corrected chi connectivity index (χ4v) is 2.84. The van der Waals surface area contributed by atoms with Crippen molar-refractivity contribution < 1.29 is 0 Å². The van der Waals surface area contributed by atoms with E-state index in [2.05, 4.69) is 44.6 Å². The summed E-state index contributed by atoms with van der Waals surface area (Å²) in [5.74, 6) is 1.09. The molecule has 1 aliphatic heterocycles. The van der Waals surface area contributed by atoms with Crippen molar-refractivity contribution in [3.05, 3.63) is 42.5 Å². The second-order valence-corrected chi connectivity index (χ2v) is 5.59. The first-order valence-electron chi connectivity index (χ1n) is 7.53. The Morgan fingerprint density at radius 2 is 1.95 bits per heavy atom. The van der Waals surface area contributed by atoms with Gasteiger partial charge in [0.05, 0.1) is 0 Å². The molecule has 2 aromatic rings. The first-order chi connectivity index (χ1) is 10.2. The van der Waals surface area contributed by atoms with E-state index < -0.39 is 0 Å². The van der Waals surface area contributed by atoms with E-state index in [0.717, 1.165) is 50.8 Å². The summed E-state index contributed by atoms with van der Waals surface area (Å²) >= 11 is 0. The number of nitrogens with two attached hydrogens (primary N) is 1. The lowest BCUT2D eigenvalue weighted by atomic mass is 10.2. The molecule has 0 bridgehead atoms. The topological polar surface area (TPSA) is 50.3 Å². The second-order valence-electron chi connectivity index (χ2n) is 5.59. The van der Waals surface area contributed by atoms with Gasteiger partial charge in [-0.05, 0) is 25.1 Å². The number of anilines is 2. The molecule has 1 saturated heterocycles. The molecular weight excluding hydrogens is 262 g/mol. The molecule has 0 unspecified atom stereocenters. The van der Waals surface area contributed by atoms with Crippen LogP contribution in [0.25, 0.3) is 0 Å². The predicted octanol–water partition coefficient (Wildman–Crippen LogP) is 1.60. The van der Waals surface area contributed by atoms with Gasteiger partial charge in [0.1, 0.15) is 5.82 Å². The first-order valence-corrected chi connectivity index (χ1v) is 7.53. The maximum atomic E-state index is 5.86. The third-order valence-corrected chi connectivity index (χ3v) is 4.19. The fourth-order valence-electron chi connectivity index (χ4n) is 2.84. The Morgan fingerprint density at radius 1 is 1.14 bits per heavy atom. The van der Waals surface area contributed by atoms with Crippen LogP contribution in [0.1, 0.15) is 5.82 Å². The van der Waals surface area contributed by atoms with E-state index in [0.29, 0.717) is 0 Å². The van der Waals surface area contributed by atoms with E-state index in [4.69, 9.17) is 5.73 Å². The van der Waals surface area contributed by atoms with Crippen LogP contribution in [0.5, 0.6) is 0 Å². The average molecular weight is 285 g/mol. The van der Waals surface area contributed by atoms with Crippen molar-refractivity contribution in [2.75, 3.05) is 43.4 Å². The largest absolute Gasteiger partial charge is 0.399 e.